The molecule has 0 amide bonds. The molecule has 0 radical (unpaired) electrons. The van der Waals surface area contributed by atoms with Gasteiger partial charge in [-0.25, -0.2) is 0 Å². The molecule has 0 bridgehead atoms. The van der Waals surface area contributed by atoms with E-state index in [1.807, 2.05) is 0 Å². The summed E-state index contributed by atoms with van der Waals surface area (Å²) in [5, 5.41) is 3.50. The van der Waals surface area contributed by atoms with Gasteiger partial charge in [0.1, 0.15) is 0 Å². The van der Waals surface area contributed by atoms with Gasteiger partial charge >= 0.3 is 0 Å². The molecule has 0 atom stereocenters. The van der Waals surface area contributed by atoms with E-state index in [0.717, 1.165) is 19.5 Å². The predicted molar refractivity (Wildman–Crippen MR) is 83.7 cm³/mol. The van der Waals surface area contributed by atoms with Crippen LogP contribution in [0.15, 0.2) is 48.5 Å². The highest BCUT2D eigenvalue weighted by atomic mass is 16.5. The number of ether oxygens (including phenoxy) is 1. The van der Waals surface area contributed by atoms with Crippen LogP contribution in [0.3, 0.4) is 0 Å². The van der Waals surface area contributed by atoms with Gasteiger partial charge in [-0.2, -0.15) is 0 Å². The normalized spacial score (nSPS) is 10.7. The summed E-state index contributed by atoms with van der Waals surface area (Å²) in [4.78, 5) is 0. The summed E-state index contributed by atoms with van der Waals surface area (Å²) in [5.74, 6) is 0. The molecular weight excluding hydrogens is 246 g/mol. The van der Waals surface area contributed by atoms with Crippen molar-refractivity contribution in [3.8, 4) is 0 Å². The number of hydrogen-bond acceptors (Lipinski definition) is 2. The number of aryl methyl sites for hydroxylation is 1. The molecule has 0 aliphatic heterocycles. The fourth-order valence-corrected chi connectivity index (χ4v) is 2.27. The topological polar surface area (TPSA) is 21.3 Å². The molecule has 106 valence electrons. The standard InChI is InChI=1S/C18H23NO/c1-15-5-3-4-6-18(15)11-12-19-13-16-7-9-17(10-8-16)14-20-2/h3-10,19H,11-14H2,1-2H3. The number of benzene rings is 2. The Morgan fingerprint density at radius 1 is 0.950 bits per heavy atom. The lowest BCUT2D eigenvalue weighted by Gasteiger charge is -2.08. The van der Waals surface area contributed by atoms with Crippen molar-refractivity contribution in [1.29, 1.82) is 0 Å². The van der Waals surface area contributed by atoms with Crippen LogP contribution in [0.2, 0.25) is 0 Å². The summed E-state index contributed by atoms with van der Waals surface area (Å²) < 4.78 is 5.11. The molecule has 2 nitrogen and oxygen atoms in total. The van der Waals surface area contributed by atoms with Crippen LogP contribution in [0.5, 0.6) is 0 Å². The molecule has 0 aromatic heterocycles. The van der Waals surface area contributed by atoms with Crippen LogP contribution in [0.25, 0.3) is 0 Å². The molecule has 0 unspecified atom stereocenters. The van der Waals surface area contributed by atoms with Crippen molar-refractivity contribution in [2.75, 3.05) is 13.7 Å². The minimum atomic E-state index is 0.682. The first-order valence-corrected chi connectivity index (χ1v) is 7.11. The molecule has 0 spiro atoms. The lowest BCUT2D eigenvalue weighted by molar-refractivity contribution is 0.185. The van der Waals surface area contributed by atoms with E-state index >= 15 is 0 Å². The second-order valence-electron chi connectivity index (χ2n) is 5.10. The molecule has 2 aromatic rings. The smallest absolute Gasteiger partial charge is 0.0713 e. The van der Waals surface area contributed by atoms with Crippen LogP contribution in [0, 0.1) is 6.92 Å². The Bertz CT molecular complexity index is 519. The van der Waals surface area contributed by atoms with E-state index in [1.165, 1.54) is 22.3 Å². The Labute approximate surface area is 121 Å². The lowest BCUT2D eigenvalue weighted by Crippen LogP contribution is -2.17. The van der Waals surface area contributed by atoms with Gasteiger partial charge < -0.3 is 10.1 Å². The van der Waals surface area contributed by atoms with Crippen LogP contribution < -0.4 is 5.32 Å². The number of methoxy groups -OCH3 is 1. The minimum Gasteiger partial charge on any atom is -0.380 e. The molecule has 20 heavy (non-hydrogen) atoms. The monoisotopic (exact) mass is 269 g/mol. The maximum absolute atomic E-state index is 5.11. The highest BCUT2D eigenvalue weighted by Crippen LogP contribution is 2.08. The van der Waals surface area contributed by atoms with Crippen molar-refractivity contribution in [2.45, 2.75) is 26.5 Å². The van der Waals surface area contributed by atoms with Crippen molar-refractivity contribution in [3.05, 3.63) is 70.8 Å². The highest BCUT2D eigenvalue weighted by molar-refractivity contribution is 5.26. The third kappa shape index (κ3) is 4.48. The van der Waals surface area contributed by atoms with Gasteiger partial charge in [0.15, 0.2) is 0 Å². The van der Waals surface area contributed by atoms with Gasteiger partial charge in [-0.15, -0.1) is 0 Å². The fraction of sp³-hybridized carbons (Fsp3) is 0.333. The Kier molecular flexibility index (Phi) is 5.78. The summed E-state index contributed by atoms with van der Waals surface area (Å²) in [6.45, 7) is 4.77. The first-order valence-electron chi connectivity index (χ1n) is 7.11. The fourth-order valence-electron chi connectivity index (χ4n) is 2.27. The predicted octanol–water partition coefficient (Wildman–Crippen LogP) is 3.47. The minimum absolute atomic E-state index is 0.682. The molecular formula is C18H23NO. The van der Waals surface area contributed by atoms with Crippen LogP contribution >= 0.6 is 0 Å². The summed E-state index contributed by atoms with van der Waals surface area (Å²) >= 11 is 0. The Morgan fingerprint density at radius 2 is 1.65 bits per heavy atom. The zero-order valence-corrected chi connectivity index (χ0v) is 12.4. The van der Waals surface area contributed by atoms with Gasteiger partial charge in [0, 0.05) is 13.7 Å². The molecule has 0 saturated heterocycles. The summed E-state index contributed by atoms with van der Waals surface area (Å²) in [6, 6.07) is 17.2. The molecule has 0 saturated carbocycles. The van der Waals surface area contributed by atoms with Crippen LogP contribution in [0.4, 0.5) is 0 Å². The van der Waals surface area contributed by atoms with E-state index < -0.39 is 0 Å². The maximum atomic E-state index is 5.11. The molecule has 2 rings (SSSR count). The van der Waals surface area contributed by atoms with E-state index in [9.17, 15) is 0 Å². The summed E-state index contributed by atoms with van der Waals surface area (Å²) in [6.07, 6.45) is 1.08. The van der Waals surface area contributed by atoms with Crippen LogP contribution in [-0.4, -0.2) is 13.7 Å². The Balaban J connectivity index is 1.74. The first-order chi connectivity index (χ1) is 9.79. The van der Waals surface area contributed by atoms with Crippen molar-refractivity contribution in [2.24, 2.45) is 0 Å². The Morgan fingerprint density at radius 3 is 2.35 bits per heavy atom. The van der Waals surface area contributed by atoms with Crippen molar-refractivity contribution >= 4 is 0 Å². The van der Waals surface area contributed by atoms with Gasteiger partial charge in [-0.05, 0) is 42.1 Å². The molecule has 0 aliphatic carbocycles. The van der Waals surface area contributed by atoms with E-state index in [0.29, 0.717) is 6.61 Å². The number of rotatable bonds is 7. The highest BCUT2D eigenvalue weighted by Gasteiger charge is 1.98. The van der Waals surface area contributed by atoms with Gasteiger partial charge in [-0.3, -0.25) is 0 Å². The molecule has 2 aromatic carbocycles. The van der Waals surface area contributed by atoms with Crippen molar-refractivity contribution in [1.82, 2.24) is 5.32 Å². The maximum Gasteiger partial charge on any atom is 0.0713 e. The van der Waals surface area contributed by atoms with E-state index in [2.05, 4.69) is 60.8 Å². The lowest BCUT2D eigenvalue weighted by atomic mass is 10.1. The molecule has 1 N–H and O–H groups in total. The van der Waals surface area contributed by atoms with Crippen LogP contribution in [0.1, 0.15) is 22.3 Å². The van der Waals surface area contributed by atoms with Crippen molar-refractivity contribution in [3.63, 3.8) is 0 Å². The molecule has 0 aliphatic rings. The SMILES string of the molecule is COCc1ccc(CNCCc2ccccc2C)cc1. The van der Waals surface area contributed by atoms with E-state index in [4.69, 9.17) is 4.74 Å². The Hall–Kier alpha value is -1.64. The van der Waals surface area contributed by atoms with Gasteiger partial charge in [0.25, 0.3) is 0 Å². The van der Waals surface area contributed by atoms with Gasteiger partial charge in [0.2, 0.25) is 0 Å². The quantitative estimate of drug-likeness (QED) is 0.777. The first kappa shape index (κ1) is 14.8. The second kappa shape index (κ2) is 7.83. The average Bonchev–Trinajstić information content (AvgIpc) is 2.47. The van der Waals surface area contributed by atoms with Gasteiger partial charge in [0.05, 0.1) is 6.61 Å². The molecule has 0 heterocycles. The third-order valence-corrected chi connectivity index (χ3v) is 3.50. The summed E-state index contributed by atoms with van der Waals surface area (Å²) in [5.41, 5.74) is 5.33. The number of hydrogen-bond donors (Lipinski definition) is 1. The van der Waals surface area contributed by atoms with Crippen molar-refractivity contribution < 1.29 is 4.74 Å². The largest absolute Gasteiger partial charge is 0.380 e. The van der Waals surface area contributed by atoms with Crippen LogP contribution in [-0.2, 0) is 24.3 Å². The molecule has 2 heteroatoms. The van der Waals surface area contributed by atoms with E-state index in [-0.39, 0.29) is 0 Å². The molecule has 0 fully saturated rings. The summed E-state index contributed by atoms with van der Waals surface area (Å²) in [7, 11) is 1.72. The third-order valence-electron chi connectivity index (χ3n) is 3.50. The number of nitrogens with one attached hydrogen (secondary N) is 1. The van der Waals surface area contributed by atoms with E-state index in [1.54, 1.807) is 7.11 Å². The average molecular weight is 269 g/mol. The zero-order chi connectivity index (χ0) is 14.2. The van der Waals surface area contributed by atoms with Gasteiger partial charge in [-0.1, -0.05) is 48.5 Å². The zero-order valence-electron chi connectivity index (χ0n) is 12.4. The second-order valence-corrected chi connectivity index (χ2v) is 5.10.